The number of ether oxygens (including phenoxy) is 1. The molecule has 16 heavy (non-hydrogen) atoms. The largest absolute Gasteiger partial charge is 0.487 e. The fourth-order valence-corrected chi connectivity index (χ4v) is 2.75. The lowest BCUT2D eigenvalue weighted by molar-refractivity contribution is 0.0341. The standard InChI is InChI=1S/C14H21NO/c1-10(2)8-14(3)9-12(15)11-6-4-5-7-13(11)16-14/h4-7,10,12H,8-9,15H2,1-3H3. The van der Waals surface area contributed by atoms with E-state index < -0.39 is 0 Å². The summed E-state index contributed by atoms with van der Waals surface area (Å²) in [4.78, 5) is 0. The second-order valence-corrected chi connectivity index (χ2v) is 5.50. The maximum Gasteiger partial charge on any atom is 0.124 e. The molecule has 1 aliphatic heterocycles. The molecule has 1 aliphatic rings. The molecule has 0 bridgehead atoms. The summed E-state index contributed by atoms with van der Waals surface area (Å²) in [5, 5.41) is 0. The van der Waals surface area contributed by atoms with Crippen molar-refractivity contribution >= 4 is 0 Å². The zero-order valence-electron chi connectivity index (χ0n) is 10.4. The van der Waals surface area contributed by atoms with E-state index in [0.29, 0.717) is 5.92 Å². The van der Waals surface area contributed by atoms with Gasteiger partial charge in [-0.05, 0) is 25.3 Å². The zero-order valence-corrected chi connectivity index (χ0v) is 10.4. The highest BCUT2D eigenvalue weighted by atomic mass is 16.5. The minimum Gasteiger partial charge on any atom is -0.487 e. The normalized spacial score (nSPS) is 28.7. The quantitative estimate of drug-likeness (QED) is 0.828. The first-order valence-corrected chi connectivity index (χ1v) is 6.04. The van der Waals surface area contributed by atoms with Crippen LogP contribution >= 0.6 is 0 Å². The average molecular weight is 219 g/mol. The summed E-state index contributed by atoms with van der Waals surface area (Å²) in [6, 6.07) is 8.22. The number of hydrogen-bond donors (Lipinski definition) is 1. The smallest absolute Gasteiger partial charge is 0.124 e. The molecule has 0 aliphatic carbocycles. The van der Waals surface area contributed by atoms with Crippen molar-refractivity contribution in [2.24, 2.45) is 11.7 Å². The van der Waals surface area contributed by atoms with Crippen LogP contribution in [-0.4, -0.2) is 5.60 Å². The van der Waals surface area contributed by atoms with Crippen LogP contribution in [0.25, 0.3) is 0 Å². The van der Waals surface area contributed by atoms with Crippen molar-refractivity contribution in [2.75, 3.05) is 0 Å². The first kappa shape index (κ1) is 11.5. The van der Waals surface area contributed by atoms with Gasteiger partial charge in [-0.1, -0.05) is 32.0 Å². The van der Waals surface area contributed by atoms with Crippen molar-refractivity contribution in [1.82, 2.24) is 0 Å². The highest BCUT2D eigenvalue weighted by Gasteiger charge is 2.35. The van der Waals surface area contributed by atoms with E-state index in [4.69, 9.17) is 10.5 Å². The molecule has 1 aromatic carbocycles. The Hall–Kier alpha value is -1.02. The lowest BCUT2D eigenvalue weighted by atomic mass is 9.83. The van der Waals surface area contributed by atoms with E-state index in [1.807, 2.05) is 18.2 Å². The highest BCUT2D eigenvalue weighted by molar-refractivity contribution is 5.38. The summed E-state index contributed by atoms with van der Waals surface area (Å²) in [6.45, 7) is 6.62. The molecule has 0 saturated heterocycles. The Morgan fingerprint density at radius 3 is 2.81 bits per heavy atom. The van der Waals surface area contributed by atoms with Gasteiger partial charge in [0.25, 0.3) is 0 Å². The van der Waals surface area contributed by atoms with Gasteiger partial charge in [0.2, 0.25) is 0 Å². The van der Waals surface area contributed by atoms with Crippen molar-refractivity contribution < 1.29 is 4.74 Å². The number of para-hydroxylation sites is 1. The number of rotatable bonds is 2. The Kier molecular flexibility index (Phi) is 2.94. The van der Waals surface area contributed by atoms with Crippen molar-refractivity contribution in [2.45, 2.75) is 45.3 Å². The number of fused-ring (bicyclic) bond motifs is 1. The Bertz CT molecular complexity index is 375. The van der Waals surface area contributed by atoms with Gasteiger partial charge in [-0.3, -0.25) is 0 Å². The molecular weight excluding hydrogens is 198 g/mol. The molecule has 0 fully saturated rings. The summed E-state index contributed by atoms with van der Waals surface area (Å²) >= 11 is 0. The second kappa shape index (κ2) is 4.10. The van der Waals surface area contributed by atoms with Crippen molar-refractivity contribution in [3.05, 3.63) is 29.8 Å². The Labute approximate surface area is 97.8 Å². The summed E-state index contributed by atoms with van der Waals surface area (Å²) in [5.41, 5.74) is 7.25. The van der Waals surface area contributed by atoms with Crippen LogP contribution in [0.2, 0.25) is 0 Å². The summed E-state index contributed by atoms with van der Waals surface area (Å²) in [7, 11) is 0. The molecular formula is C14H21NO. The molecule has 1 aromatic rings. The van der Waals surface area contributed by atoms with Gasteiger partial charge in [0.05, 0.1) is 0 Å². The van der Waals surface area contributed by atoms with Crippen LogP contribution in [0.15, 0.2) is 24.3 Å². The zero-order chi connectivity index (χ0) is 11.8. The summed E-state index contributed by atoms with van der Waals surface area (Å²) < 4.78 is 6.12. The molecule has 2 unspecified atom stereocenters. The van der Waals surface area contributed by atoms with Gasteiger partial charge in [0, 0.05) is 18.0 Å². The Morgan fingerprint density at radius 2 is 2.12 bits per heavy atom. The maximum absolute atomic E-state index is 6.22. The van der Waals surface area contributed by atoms with Gasteiger partial charge in [-0.2, -0.15) is 0 Å². The van der Waals surface area contributed by atoms with Gasteiger partial charge in [-0.25, -0.2) is 0 Å². The number of hydrogen-bond acceptors (Lipinski definition) is 2. The molecule has 2 nitrogen and oxygen atoms in total. The van der Waals surface area contributed by atoms with Crippen LogP contribution in [0.3, 0.4) is 0 Å². The van der Waals surface area contributed by atoms with E-state index in [9.17, 15) is 0 Å². The minimum absolute atomic E-state index is 0.105. The fraction of sp³-hybridized carbons (Fsp3) is 0.571. The monoisotopic (exact) mass is 219 g/mol. The van der Waals surface area contributed by atoms with Crippen LogP contribution in [0.1, 0.15) is 45.2 Å². The molecule has 2 N–H and O–H groups in total. The van der Waals surface area contributed by atoms with Crippen molar-refractivity contribution in [3.63, 3.8) is 0 Å². The number of nitrogens with two attached hydrogens (primary N) is 1. The van der Waals surface area contributed by atoms with Gasteiger partial charge in [-0.15, -0.1) is 0 Å². The third kappa shape index (κ3) is 2.22. The Morgan fingerprint density at radius 1 is 1.44 bits per heavy atom. The first-order valence-electron chi connectivity index (χ1n) is 6.04. The molecule has 0 amide bonds. The van der Waals surface area contributed by atoms with E-state index in [2.05, 4.69) is 26.8 Å². The molecule has 1 heterocycles. The van der Waals surface area contributed by atoms with Crippen molar-refractivity contribution in [3.8, 4) is 5.75 Å². The maximum atomic E-state index is 6.22. The van der Waals surface area contributed by atoms with E-state index in [-0.39, 0.29) is 11.6 Å². The van der Waals surface area contributed by atoms with Crippen LogP contribution < -0.4 is 10.5 Å². The van der Waals surface area contributed by atoms with Crippen LogP contribution in [0, 0.1) is 5.92 Å². The molecule has 2 atom stereocenters. The Balaban J connectivity index is 2.26. The summed E-state index contributed by atoms with van der Waals surface area (Å²) in [6.07, 6.45) is 1.96. The van der Waals surface area contributed by atoms with Gasteiger partial charge in [0.15, 0.2) is 0 Å². The third-order valence-electron chi connectivity index (χ3n) is 3.17. The van der Waals surface area contributed by atoms with Crippen LogP contribution in [-0.2, 0) is 0 Å². The topological polar surface area (TPSA) is 35.2 Å². The van der Waals surface area contributed by atoms with E-state index in [1.54, 1.807) is 0 Å². The molecule has 0 saturated carbocycles. The molecule has 2 heteroatoms. The van der Waals surface area contributed by atoms with E-state index in [1.165, 1.54) is 0 Å². The van der Waals surface area contributed by atoms with Crippen LogP contribution in [0.4, 0.5) is 0 Å². The van der Waals surface area contributed by atoms with E-state index >= 15 is 0 Å². The number of benzene rings is 1. The van der Waals surface area contributed by atoms with E-state index in [0.717, 1.165) is 24.2 Å². The minimum atomic E-state index is -0.109. The lowest BCUT2D eigenvalue weighted by Crippen LogP contribution is -2.41. The SMILES string of the molecule is CC(C)CC1(C)CC(N)c2ccccc2O1. The predicted octanol–water partition coefficient (Wildman–Crippen LogP) is 3.27. The fourth-order valence-electron chi connectivity index (χ4n) is 2.75. The third-order valence-corrected chi connectivity index (χ3v) is 3.17. The highest BCUT2D eigenvalue weighted by Crippen LogP contribution is 2.40. The first-order chi connectivity index (χ1) is 7.50. The molecule has 0 aromatic heterocycles. The molecule has 0 spiro atoms. The molecule has 88 valence electrons. The van der Waals surface area contributed by atoms with Crippen molar-refractivity contribution in [1.29, 1.82) is 0 Å². The van der Waals surface area contributed by atoms with Crippen LogP contribution in [0.5, 0.6) is 5.75 Å². The molecule has 2 rings (SSSR count). The predicted molar refractivity (Wildman–Crippen MR) is 66.5 cm³/mol. The van der Waals surface area contributed by atoms with Gasteiger partial charge >= 0.3 is 0 Å². The molecule has 0 radical (unpaired) electrons. The second-order valence-electron chi connectivity index (χ2n) is 5.50. The summed E-state index contributed by atoms with van der Waals surface area (Å²) in [5.74, 6) is 1.59. The van der Waals surface area contributed by atoms with Gasteiger partial charge < -0.3 is 10.5 Å². The van der Waals surface area contributed by atoms with Gasteiger partial charge in [0.1, 0.15) is 11.4 Å². The lowest BCUT2D eigenvalue weighted by Gasteiger charge is -2.39. The average Bonchev–Trinajstić information content (AvgIpc) is 2.15.